The quantitative estimate of drug-likeness (QED) is 0.316. The number of nitrogens with zero attached hydrogens (tertiary/aromatic N) is 1. The van der Waals surface area contributed by atoms with Crippen molar-refractivity contribution in [2.24, 2.45) is 4.99 Å². The van der Waals surface area contributed by atoms with Crippen LogP contribution in [0.1, 0.15) is 24.7 Å². The Kier molecular flexibility index (Phi) is 9.77. The highest BCUT2D eigenvalue weighted by Gasteiger charge is 2.16. The van der Waals surface area contributed by atoms with E-state index in [1.807, 2.05) is 12.1 Å². The number of rotatable bonds is 12. The molecule has 0 aliphatic heterocycles. The van der Waals surface area contributed by atoms with E-state index in [-0.39, 0.29) is 18.0 Å². The van der Waals surface area contributed by atoms with Gasteiger partial charge in [-0.25, -0.2) is 0 Å². The summed E-state index contributed by atoms with van der Waals surface area (Å²) < 4.78 is 46.3. The molecule has 1 aromatic heterocycles. The molecule has 2 aromatic rings. The number of nitrogens with one attached hydrogen (secondary N) is 2. The number of furan rings is 1. The molecule has 0 saturated heterocycles. The normalized spacial score (nSPS) is 11.6. The van der Waals surface area contributed by atoms with E-state index in [0.717, 1.165) is 12.2 Å². The Labute approximate surface area is 169 Å². The van der Waals surface area contributed by atoms with Gasteiger partial charge >= 0.3 is 6.61 Å². The minimum absolute atomic E-state index is 0.0265. The third-order valence-electron chi connectivity index (χ3n) is 3.82. The predicted octanol–water partition coefficient (Wildman–Crippen LogP) is 3.55. The van der Waals surface area contributed by atoms with Crippen molar-refractivity contribution in [2.45, 2.75) is 33.1 Å². The Balaban J connectivity index is 1.78. The third kappa shape index (κ3) is 7.98. The van der Waals surface area contributed by atoms with Gasteiger partial charge in [0.1, 0.15) is 12.4 Å². The zero-order valence-electron chi connectivity index (χ0n) is 16.6. The molecule has 0 amide bonds. The van der Waals surface area contributed by atoms with E-state index >= 15 is 0 Å². The van der Waals surface area contributed by atoms with Gasteiger partial charge in [-0.2, -0.15) is 8.78 Å². The molecule has 0 bridgehead atoms. The highest BCUT2D eigenvalue weighted by atomic mass is 19.3. The largest absolute Gasteiger partial charge is 0.490 e. The van der Waals surface area contributed by atoms with E-state index < -0.39 is 6.61 Å². The molecule has 0 unspecified atom stereocenters. The van der Waals surface area contributed by atoms with Crippen LogP contribution in [0.3, 0.4) is 0 Å². The molecule has 0 spiro atoms. The number of hydrogen-bond donors (Lipinski definition) is 2. The van der Waals surface area contributed by atoms with Gasteiger partial charge < -0.3 is 29.3 Å². The first kappa shape index (κ1) is 22.5. The summed E-state index contributed by atoms with van der Waals surface area (Å²) in [5, 5.41) is 6.23. The molecule has 1 aromatic carbocycles. The lowest BCUT2D eigenvalue weighted by Crippen LogP contribution is -2.37. The zero-order chi connectivity index (χ0) is 20.9. The van der Waals surface area contributed by atoms with Crippen molar-refractivity contribution in [3.05, 3.63) is 47.9 Å². The molecular formula is C20H27F2N3O4. The Hall–Kier alpha value is -2.81. The molecule has 0 aliphatic carbocycles. The van der Waals surface area contributed by atoms with Crippen LogP contribution in [0, 0.1) is 0 Å². The number of para-hydroxylation sites is 1. The van der Waals surface area contributed by atoms with E-state index in [1.54, 1.807) is 38.4 Å². The first-order valence-corrected chi connectivity index (χ1v) is 9.38. The first-order valence-electron chi connectivity index (χ1n) is 9.38. The van der Waals surface area contributed by atoms with Gasteiger partial charge in [-0.1, -0.05) is 12.1 Å². The lowest BCUT2D eigenvalue weighted by Gasteiger charge is -2.17. The van der Waals surface area contributed by atoms with Crippen molar-refractivity contribution in [3.63, 3.8) is 0 Å². The summed E-state index contributed by atoms with van der Waals surface area (Å²) in [6.07, 6.45) is 2.37. The number of benzene rings is 1. The summed E-state index contributed by atoms with van der Waals surface area (Å²) in [5.41, 5.74) is 0.543. The van der Waals surface area contributed by atoms with Crippen LogP contribution in [0.4, 0.5) is 8.78 Å². The lowest BCUT2D eigenvalue weighted by atomic mass is 10.2. The van der Waals surface area contributed by atoms with Gasteiger partial charge in [0.15, 0.2) is 17.5 Å². The standard InChI is InChI=1S/C20H27F2N3O4/c1-3-27-17-9-4-7-15(18(17)29-19(21)22)13-25-20(23-2)24-10-6-11-26-14-16-8-5-12-28-16/h4-5,7-9,12,19H,3,6,10-11,13-14H2,1-2H3,(H2,23,24,25). The van der Waals surface area contributed by atoms with E-state index in [4.69, 9.17) is 13.9 Å². The third-order valence-corrected chi connectivity index (χ3v) is 3.82. The smallest absolute Gasteiger partial charge is 0.387 e. The summed E-state index contributed by atoms with van der Waals surface area (Å²) in [6, 6.07) is 8.70. The Morgan fingerprint density at radius 2 is 2.07 bits per heavy atom. The van der Waals surface area contributed by atoms with Gasteiger partial charge in [-0.15, -0.1) is 0 Å². The van der Waals surface area contributed by atoms with Crippen LogP contribution < -0.4 is 20.1 Å². The number of alkyl halides is 2. The second-order valence-electron chi connectivity index (χ2n) is 5.89. The lowest BCUT2D eigenvalue weighted by molar-refractivity contribution is -0.0520. The number of guanidine groups is 1. The van der Waals surface area contributed by atoms with Crippen molar-refractivity contribution < 1.29 is 27.4 Å². The minimum atomic E-state index is -2.94. The molecule has 0 aliphatic rings. The molecule has 0 radical (unpaired) electrons. The van der Waals surface area contributed by atoms with Crippen molar-refractivity contribution in [2.75, 3.05) is 26.8 Å². The summed E-state index contributed by atoms with van der Waals surface area (Å²) in [5.74, 6) is 1.63. The molecule has 29 heavy (non-hydrogen) atoms. The fourth-order valence-electron chi connectivity index (χ4n) is 2.54. The molecule has 7 nitrogen and oxygen atoms in total. The molecule has 2 N–H and O–H groups in total. The number of aliphatic imine (C=N–C) groups is 1. The zero-order valence-corrected chi connectivity index (χ0v) is 16.6. The average Bonchev–Trinajstić information content (AvgIpc) is 3.22. The number of hydrogen-bond acceptors (Lipinski definition) is 5. The van der Waals surface area contributed by atoms with Gasteiger partial charge in [0.2, 0.25) is 0 Å². The van der Waals surface area contributed by atoms with E-state index in [0.29, 0.717) is 37.9 Å². The minimum Gasteiger partial charge on any atom is -0.490 e. The van der Waals surface area contributed by atoms with Crippen molar-refractivity contribution >= 4 is 5.96 Å². The summed E-state index contributed by atoms with van der Waals surface area (Å²) in [4.78, 5) is 4.13. The molecule has 0 atom stereocenters. The second-order valence-corrected chi connectivity index (χ2v) is 5.89. The van der Waals surface area contributed by atoms with Crippen LogP contribution in [0.25, 0.3) is 0 Å². The topological polar surface area (TPSA) is 77.2 Å². The fraction of sp³-hybridized carbons (Fsp3) is 0.450. The Bertz CT molecular complexity index is 739. The Morgan fingerprint density at radius 3 is 2.76 bits per heavy atom. The SMILES string of the molecule is CCOc1cccc(CNC(=NC)NCCCOCc2ccco2)c1OC(F)F. The van der Waals surface area contributed by atoms with Crippen LogP contribution in [0.15, 0.2) is 46.0 Å². The maximum Gasteiger partial charge on any atom is 0.387 e. The molecule has 0 fully saturated rings. The average molecular weight is 411 g/mol. The molecule has 0 saturated carbocycles. The van der Waals surface area contributed by atoms with Crippen LogP contribution in [-0.4, -0.2) is 39.4 Å². The summed E-state index contributed by atoms with van der Waals surface area (Å²) in [7, 11) is 1.63. The summed E-state index contributed by atoms with van der Waals surface area (Å²) >= 11 is 0. The highest BCUT2D eigenvalue weighted by molar-refractivity contribution is 5.79. The predicted molar refractivity (Wildman–Crippen MR) is 105 cm³/mol. The van der Waals surface area contributed by atoms with Crippen LogP contribution in [0.5, 0.6) is 11.5 Å². The first-order chi connectivity index (χ1) is 14.1. The molecule has 160 valence electrons. The van der Waals surface area contributed by atoms with Gasteiger partial charge in [-0.05, 0) is 31.5 Å². The highest BCUT2D eigenvalue weighted by Crippen LogP contribution is 2.32. The summed E-state index contributed by atoms with van der Waals surface area (Å²) in [6.45, 7) is 1.07. The van der Waals surface area contributed by atoms with E-state index in [1.165, 1.54) is 0 Å². The van der Waals surface area contributed by atoms with Gasteiger partial charge in [0, 0.05) is 32.3 Å². The molecule has 2 rings (SSSR count). The van der Waals surface area contributed by atoms with Gasteiger partial charge in [-0.3, -0.25) is 4.99 Å². The molecule has 1 heterocycles. The van der Waals surface area contributed by atoms with E-state index in [2.05, 4.69) is 20.4 Å². The van der Waals surface area contributed by atoms with Crippen LogP contribution in [-0.2, 0) is 17.9 Å². The van der Waals surface area contributed by atoms with Crippen molar-refractivity contribution in [1.29, 1.82) is 0 Å². The maximum atomic E-state index is 12.8. The Morgan fingerprint density at radius 1 is 1.21 bits per heavy atom. The fourth-order valence-corrected chi connectivity index (χ4v) is 2.54. The van der Waals surface area contributed by atoms with Crippen LogP contribution >= 0.6 is 0 Å². The molecule has 9 heteroatoms. The van der Waals surface area contributed by atoms with Crippen LogP contribution in [0.2, 0.25) is 0 Å². The number of halogens is 2. The van der Waals surface area contributed by atoms with Gasteiger partial charge in [0.25, 0.3) is 0 Å². The van der Waals surface area contributed by atoms with Crippen molar-refractivity contribution in [3.8, 4) is 11.5 Å². The monoisotopic (exact) mass is 411 g/mol. The second kappa shape index (κ2) is 12.6. The van der Waals surface area contributed by atoms with Crippen molar-refractivity contribution in [1.82, 2.24) is 10.6 Å². The van der Waals surface area contributed by atoms with E-state index in [9.17, 15) is 8.78 Å². The number of ether oxygens (including phenoxy) is 3. The maximum absolute atomic E-state index is 12.8. The van der Waals surface area contributed by atoms with Gasteiger partial charge in [0.05, 0.1) is 12.9 Å². The molecular weight excluding hydrogens is 384 g/mol.